The lowest BCUT2D eigenvalue weighted by Crippen LogP contribution is -3.09. The number of fused-ring (bicyclic) bond motifs is 3. The summed E-state index contributed by atoms with van der Waals surface area (Å²) >= 11 is 0. The second-order valence-corrected chi connectivity index (χ2v) is 8.34. The van der Waals surface area contributed by atoms with Crippen LogP contribution in [0.2, 0.25) is 0 Å². The minimum Gasteiger partial charge on any atom is -0.556 e. The molecule has 0 fully saturated rings. The third kappa shape index (κ3) is 3.72. The van der Waals surface area contributed by atoms with Gasteiger partial charge in [0.2, 0.25) is 5.75 Å². The summed E-state index contributed by atoms with van der Waals surface area (Å²) in [5, 5.41) is 13.9. The lowest BCUT2D eigenvalue weighted by molar-refractivity contribution is -1.19. The van der Waals surface area contributed by atoms with E-state index < -0.39 is 11.0 Å². The molecule has 0 spiro atoms. The zero-order valence-electron chi connectivity index (χ0n) is 17.4. The number of quaternary nitrogens is 1. The van der Waals surface area contributed by atoms with Crippen LogP contribution >= 0.6 is 0 Å². The summed E-state index contributed by atoms with van der Waals surface area (Å²) in [6, 6.07) is 20.9. The quantitative estimate of drug-likeness (QED) is 0.509. The third-order valence-electron chi connectivity index (χ3n) is 4.86. The summed E-state index contributed by atoms with van der Waals surface area (Å²) in [5.74, 6) is 0.545. The Morgan fingerprint density at radius 3 is 1.79 bits per heavy atom. The van der Waals surface area contributed by atoms with Crippen molar-refractivity contribution in [2.45, 2.75) is 40.2 Å². The topological polar surface area (TPSA) is 50.9 Å². The van der Waals surface area contributed by atoms with Gasteiger partial charge < -0.3 is 9.77 Å². The number of nitrogens with one attached hydrogen (secondary N) is 1. The van der Waals surface area contributed by atoms with Crippen LogP contribution < -0.4 is 10.2 Å². The van der Waals surface area contributed by atoms with Crippen LogP contribution in [0.25, 0.3) is 27.5 Å². The molecular weight excluding hydrogens is 364 g/mol. The standard InChI is InChI=1S/C24H26N2O3/c1-16-14-18(15-17(2)23(16)28-26(27)29-24(3,4)5)25-21-12-8-6-10-19(21)20-11-7-9-13-22(20)25/h6-15,26H,1-5H3. The van der Waals surface area contributed by atoms with Gasteiger partial charge in [0.15, 0.2) is 0 Å². The molecule has 1 aromatic heterocycles. The number of hydrogen-bond donors (Lipinski definition) is 1. The predicted octanol–water partition coefficient (Wildman–Crippen LogP) is 4.81. The van der Waals surface area contributed by atoms with Gasteiger partial charge in [-0.05, 0) is 64.3 Å². The highest BCUT2D eigenvalue weighted by Crippen LogP contribution is 2.34. The molecule has 1 heterocycles. The summed E-state index contributed by atoms with van der Waals surface area (Å²) in [6.07, 6.45) is 0. The lowest BCUT2D eigenvalue weighted by atomic mass is 10.1. The molecule has 0 saturated carbocycles. The molecule has 3 aromatic carbocycles. The van der Waals surface area contributed by atoms with E-state index in [0.717, 1.165) is 27.8 Å². The number of rotatable bonds is 4. The van der Waals surface area contributed by atoms with Crippen molar-refractivity contribution in [3.05, 3.63) is 77.0 Å². The van der Waals surface area contributed by atoms with E-state index in [1.165, 1.54) is 10.8 Å². The highest BCUT2D eigenvalue weighted by atomic mass is 17.1. The van der Waals surface area contributed by atoms with Crippen LogP contribution in [-0.2, 0) is 4.84 Å². The summed E-state index contributed by atoms with van der Waals surface area (Å²) in [7, 11) is 0. The molecule has 4 rings (SSSR count). The maximum atomic E-state index is 12.1. The van der Waals surface area contributed by atoms with Crippen molar-refractivity contribution < 1.29 is 15.1 Å². The van der Waals surface area contributed by atoms with Crippen molar-refractivity contribution in [1.29, 1.82) is 0 Å². The van der Waals surface area contributed by atoms with E-state index in [0.29, 0.717) is 5.75 Å². The van der Waals surface area contributed by atoms with Gasteiger partial charge in [0, 0.05) is 27.6 Å². The Hall–Kier alpha value is -2.86. The van der Waals surface area contributed by atoms with E-state index in [1.54, 1.807) is 0 Å². The Labute approximate surface area is 170 Å². The van der Waals surface area contributed by atoms with Gasteiger partial charge in [-0.1, -0.05) is 36.4 Å². The number of benzene rings is 3. The van der Waals surface area contributed by atoms with Crippen LogP contribution in [0.4, 0.5) is 0 Å². The van der Waals surface area contributed by atoms with E-state index in [-0.39, 0.29) is 0 Å². The van der Waals surface area contributed by atoms with Crippen LogP contribution in [0.5, 0.6) is 5.75 Å². The second-order valence-electron chi connectivity index (χ2n) is 8.34. The van der Waals surface area contributed by atoms with Crippen molar-refractivity contribution in [2.24, 2.45) is 0 Å². The zero-order valence-corrected chi connectivity index (χ0v) is 17.4. The molecule has 5 heteroatoms. The highest BCUT2D eigenvalue weighted by molar-refractivity contribution is 6.09. The molecule has 1 N–H and O–H groups in total. The predicted molar refractivity (Wildman–Crippen MR) is 116 cm³/mol. The Balaban J connectivity index is 1.81. The molecule has 1 atom stereocenters. The van der Waals surface area contributed by atoms with Gasteiger partial charge in [0.1, 0.15) is 5.60 Å². The number of aromatic nitrogens is 1. The molecule has 150 valence electrons. The minimum absolute atomic E-state index is 0.545. The van der Waals surface area contributed by atoms with Crippen LogP contribution in [0.1, 0.15) is 31.9 Å². The smallest absolute Gasteiger partial charge is 0.201 e. The van der Waals surface area contributed by atoms with Crippen molar-refractivity contribution >= 4 is 21.8 Å². The fraction of sp³-hybridized carbons (Fsp3) is 0.250. The lowest BCUT2D eigenvalue weighted by Gasteiger charge is -2.26. The molecule has 0 aliphatic heterocycles. The largest absolute Gasteiger partial charge is 0.556 e. The van der Waals surface area contributed by atoms with Gasteiger partial charge in [-0.3, -0.25) is 4.84 Å². The van der Waals surface area contributed by atoms with Crippen LogP contribution in [0, 0.1) is 19.1 Å². The first-order valence-corrected chi connectivity index (χ1v) is 9.75. The van der Waals surface area contributed by atoms with E-state index in [4.69, 9.17) is 9.68 Å². The number of nitrogens with zero attached hydrogens (tertiary/aromatic N) is 1. The van der Waals surface area contributed by atoms with E-state index in [2.05, 4.69) is 53.1 Å². The Morgan fingerprint density at radius 1 is 0.828 bits per heavy atom. The van der Waals surface area contributed by atoms with E-state index >= 15 is 0 Å². The molecule has 0 radical (unpaired) electrons. The minimum atomic E-state index is -0.687. The van der Waals surface area contributed by atoms with Gasteiger partial charge in [-0.25, -0.2) is 0 Å². The first-order chi connectivity index (χ1) is 13.7. The molecule has 29 heavy (non-hydrogen) atoms. The monoisotopic (exact) mass is 390 g/mol. The molecule has 1 unspecified atom stereocenters. The fourth-order valence-electron chi connectivity index (χ4n) is 3.77. The van der Waals surface area contributed by atoms with Gasteiger partial charge in [-0.2, -0.15) is 4.84 Å². The Morgan fingerprint density at radius 2 is 1.31 bits per heavy atom. The van der Waals surface area contributed by atoms with Crippen molar-refractivity contribution in [1.82, 2.24) is 4.57 Å². The molecule has 0 aliphatic rings. The normalized spacial score (nSPS) is 13.2. The van der Waals surface area contributed by atoms with Crippen LogP contribution in [0.15, 0.2) is 60.7 Å². The fourth-order valence-corrected chi connectivity index (χ4v) is 3.77. The maximum absolute atomic E-state index is 12.1. The van der Waals surface area contributed by atoms with Crippen molar-refractivity contribution in [3.63, 3.8) is 0 Å². The summed E-state index contributed by atoms with van der Waals surface area (Å²) in [5.41, 5.74) is 4.50. The van der Waals surface area contributed by atoms with Crippen LogP contribution in [0.3, 0.4) is 0 Å². The third-order valence-corrected chi connectivity index (χ3v) is 4.86. The second kappa shape index (κ2) is 7.19. The SMILES string of the molecule is Cc1cc(-n2c3ccccc3c3ccccc32)cc(C)c1O[NH+]([O-])OC(C)(C)C. The van der Waals surface area contributed by atoms with E-state index in [1.807, 2.05) is 46.8 Å². The average Bonchev–Trinajstić information content (AvgIpc) is 2.98. The summed E-state index contributed by atoms with van der Waals surface area (Å²) in [6.45, 7) is 9.35. The summed E-state index contributed by atoms with van der Waals surface area (Å²) in [4.78, 5) is 10.8. The Kier molecular flexibility index (Phi) is 4.82. The molecule has 0 bridgehead atoms. The van der Waals surface area contributed by atoms with Crippen molar-refractivity contribution in [3.8, 4) is 11.4 Å². The van der Waals surface area contributed by atoms with E-state index in [9.17, 15) is 5.21 Å². The zero-order chi connectivity index (χ0) is 20.8. The molecule has 0 amide bonds. The molecule has 0 saturated heterocycles. The number of hydrogen-bond acceptors (Lipinski definition) is 3. The first-order valence-electron chi connectivity index (χ1n) is 9.75. The van der Waals surface area contributed by atoms with Gasteiger partial charge in [0.25, 0.3) is 0 Å². The number of para-hydroxylation sites is 2. The molecule has 4 aromatic rings. The average molecular weight is 390 g/mol. The van der Waals surface area contributed by atoms with Gasteiger partial charge in [0.05, 0.1) is 11.0 Å². The Bertz CT molecular complexity index is 1110. The molecule has 0 aliphatic carbocycles. The van der Waals surface area contributed by atoms with Gasteiger partial charge in [-0.15, -0.1) is 0 Å². The maximum Gasteiger partial charge on any atom is 0.201 e. The summed E-state index contributed by atoms with van der Waals surface area (Å²) < 4.78 is 2.25. The first kappa shape index (κ1) is 19.5. The molecular formula is C24H26N2O3. The van der Waals surface area contributed by atoms with Crippen LogP contribution in [-0.4, -0.2) is 10.2 Å². The number of aryl methyl sites for hydroxylation is 2. The highest BCUT2D eigenvalue weighted by Gasteiger charge is 2.20. The van der Waals surface area contributed by atoms with Crippen molar-refractivity contribution in [2.75, 3.05) is 0 Å². The molecule has 5 nitrogen and oxygen atoms in total. The van der Waals surface area contributed by atoms with Gasteiger partial charge >= 0.3 is 0 Å².